The minimum Gasteiger partial charge on any atom is -0.492 e. The number of benzene rings is 2. The fourth-order valence-corrected chi connectivity index (χ4v) is 2.84. The summed E-state index contributed by atoms with van der Waals surface area (Å²) in [6, 6.07) is 14.9. The number of rotatable bonds is 8. The van der Waals surface area contributed by atoms with Gasteiger partial charge in [0.05, 0.1) is 12.6 Å². The van der Waals surface area contributed by atoms with Gasteiger partial charge in [0.25, 0.3) is 0 Å². The van der Waals surface area contributed by atoms with E-state index in [0.29, 0.717) is 31.2 Å². The number of amides is 2. The number of carbonyl (C=O) groups excluding carboxylic acids is 1. The lowest BCUT2D eigenvalue weighted by atomic mass is 10.2. The summed E-state index contributed by atoms with van der Waals surface area (Å²) in [5.74, 6) is 1.51. The molecule has 1 aliphatic heterocycles. The predicted molar refractivity (Wildman–Crippen MR) is 105 cm³/mol. The second kappa shape index (κ2) is 9.83. The SMILES string of the molecule is Cc1cccc(OCCNC(=O)Nc2cccc(OC[C@@H]3CCCO3)c2)c1. The molecular formula is C21H26N2O4. The Hall–Kier alpha value is -2.73. The first-order valence-electron chi connectivity index (χ1n) is 9.28. The molecule has 0 spiro atoms. The predicted octanol–water partition coefficient (Wildman–Crippen LogP) is 3.75. The average Bonchev–Trinajstić information content (AvgIpc) is 3.18. The molecule has 2 aromatic carbocycles. The Morgan fingerprint density at radius 3 is 2.74 bits per heavy atom. The van der Waals surface area contributed by atoms with Crippen LogP contribution in [0.1, 0.15) is 18.4 Å². The number of urea groups is 1. The zero-order valence-electron chi connectivity index (χ0n) is 15.6. The van der Waals surface area contributed by atoms with E-state index in [2.05, 4.69) is 10.6 Å². The van der Waals surface area contributed by atoms with Gasteiger partial charge in [-0.15, -0.1) is 0 Å². The highest BCUT2D eigenvalue weighted by Gasteiger charge is 2.16. The summed E-state index contributed by atoms with van der Waals surface area (Å²) in [7, 11) is 0. The molecular weight excluding hydrogens is 344 g/mol. The van der Waals surface area contributed by atoms with E-state index in [-0.39, 0.29) is 12.1 Å². The van der Waals surface area contributed by atoms with E-state index in [0.717, 1.165) is 30.8 Å². The van der Waals surface area contributed by atoms with Gasteiger partial charge < -0.3 is 24.8 Å². The van der Waals surface area contributed by atoms with Crippen molar-refractivity contribution in [3.05, 3.63) is 54.1 Å². The standard InChI is InChI=1S/C21H26N2O4/c1-16-5-2-7-18(13-16)26-12-10-22-21(24)23-17-6-3-8-19(14-17)27-15-20-9-4-11-25-20/h2-3,5-8,13-14,20H,4,9-12,15H2,1H3,(H2,22,23,24)/t20-/m0/s1. The van der Waals surface area contributed by atoms with Crippen LogP contribution in [-0.2, 0) is 4.74 Å². The van der Waals surface area contributed by atoms with Gasteiger partial charge in [-0.25, -0.2) is 4.79 Å². The molecule has 2 N–H and O–H groups in total. The topological polar surface area (TPSA) is 68.8 Å². The summed E-state index contributed by atoms with van der Waals surface area (Å²) in [6.07, 6.45) is 2.28. The maximum Gasteiger partial charge on any atom is 0.319 e. The zero-order valence-corrected chi connectivity index (χ0v) is 15.6. The Morgan fingerprint density at radius 1 is 1.15 bits per heavy atom. The highest BCUT2D eigenvalue weighted by atomic mass is 16.5. The van der Waals surface area contributed by atoms with Crippen LogP contribution < -0.4 is 20.1 Å². The van der Waals surface area contributed by atoms with Crippen LogP contribution in [0.5, 0.6) is 11.5 Å². The quantitative estimate of drug-likeness (QED) is 0.695. The molecule has 1 aliphatic rings. The first-order valence-corrected chi connectivity index (χ1v) is 9.28. The second-order valence-corrected chi connectivity index (χ2v) is 6.52. The summed E-state index contributed by atoms with van der Waals surface area (Å²) in [4.78, 5) is 12.0. The van der Waals surface area contributed by atoms with Crippen LogP contribution in [0.25, 0.3) is 0 Å². The molecule has 0 bridgehead atoms. The van der Waals surface area contributed by atoms with Gasteiger partial charge in [0.1, 0.15) is 24.7 Å². The highest BCUT2D eigenvalue weighted by Crippen LogP contribution is 2.19. The molecule has 0 radical (unpaired) electrons. The van der Waals surface area contributed by atoms with Crippen LogP contribution in [-0.4, -0.2) is 38.5 Å². The van der Waals surface area contributed by atoms with E-state index < -0.39 is 0 Å². The normalized spacial score (nSPS) is 16.0. The van der Waals surface area contributed by atoms with Crippen LogP contribution in [0, 0.1) is 6.92 Å². The molecule has 3 rings (SSSR count). The van der Waals surface area contributed by atoms with Crippen molar-refractivity contribution in [1.29, 1.82) is 0 Å². The van der Waals surface area contributed by atoms with Gasteiger partial charge in [-0.1, -0.05) is 18.2 Å². The lowest BCUT2D eigenvalue weighted by Crippen LogP contribution is -2.32. The lowest BCUT2D eigenvalue weighted by Gasteiger charge is -2.13. The number of aryl methyl sites for hydroxylation is 1. The number of anilines is 1. The Labute approximate surface area is 159 Å². The molecule has 0 aromatic heterocycles. The Kier molecular flexibility index (Phi) is 6.93. The van der Waals surface area contributed by atoms with E-state index in [9.17, 15) is 4.79 Å². The van der Waals surface area contributed by atoms with Crippen molar-refractivity contribution in [2.45, 2.75) is 25.9 Å². The van der Waals surface area contributed by atoms with Crippen LogP contribution in [0.3, 0.4) is 0 Å². The average molecular weight is 370 g/mol. The van der Waals surface area contributed by atoms with Gasteiger partial charge in [0.15, 0.2) is 0 Å². The maximum absolute atomic E-state index is 12.0. The Balaban J connectivity index is 1.37. The molecule has 6 heteroatoms. The van der Waals surface area contributed by atoms with Crippen LogP contribution >= 0.6 is 0 Å². The molecule has 1 atom stereocenters. The van der Waals surface area contributed by atoms with Crippen molar-refractivity contribution in [2.75, 3.05) is 31.7 Å². The van der Waals surface area contributed by atoms with Crippen molar-refractivity contribution in [3.63, 3.8) is 0 Å². The summed E-state index contributed by atoms with van der Waals surface area (Å²) in [5.41, 5.74) is 1.82. The van der Waals surface area contributed by atoms with Crippen LogP contribution in [0.2, 0.25) is 0 Å². The van der Waals surface area contributed by atoms with E-state index in [1.807, 2.05) is 49.4 Å². The van der Waals surface area contributed by atoms with Gasteiger partial charge in [-0.3, -0.25) is 0 Å². The molecule has 0 saturated carbocycles. The van der Waals surface area contributed by atoms with Gasteiger partial charge >= 0.3 is 6.03 Å². The number of hydrogen-bond acceptors (Lipinski definition) is 4. The molecule has 2 amide bonds. The molecule has 0 unspecified atom stereocenters. The summed E-state index contributed by atoms with van der Waals surface area (Å²) < 4.78 is 16.9. The molecule has 0 aliphatic carbocycles. The monoisotopic (exact) mass is 370 g/mol. The third-order valence-corrected chi connectivity index (χ3v) is 4.20. The van der Waals surface area contributed by atoms with Crippen LogP contribution in [0.15, 0.2) is 48.5 Å². The van der Waals surface area contributed by atoms with E-state index in [1.165, 1.54) is 0 Å². The zero-order chi connectivity index (χ0) is 18.9. The molecule has 144 valence electrons. The number of ether oxygens (including phenoxy) is 3. The number of carbonyl (C=O) groups is 1. The van der Waals surface area contributed by atoms with E-state index >= 15 is 0 Å². The van der Waals surface area contributed by atoms with Gasteiger partial charge in [0, 0.05) is 18.4 Å². The first-order chi connectivity index (χ1) is 13.2. The first kappa shape index (κ1) is 19.0. The highest BCUT2D eigenvalue weighted by molar-refractivity contribution is 5.89. The van der Waals surface area contributed by atoms with Crippen molar-refractivity contribution in [1.82, 2.24) is 5.32 Å². The fraction of sp³-hybridized carbons (Fsp3) is 0.381. The van der Waals surface area contributed by atoms with Crippen molar-refractivity contribution in [2.24, 2.45) is 0 Å². The molecule has 1 heterocycles. The van der Waals surface area contributed by atoms with Gasteiger partial charge in [-0.2, -0.15) is 0 Å². The summed E-state index contributed by atoms with van der Waals surface area (Å²) in [5, 5.41) is 5.58. The minimum atomic E-state index is -0.279. The fourth-order valence-electron chi connectivity index (χ4n) is 2.84. The van der Waals surface area contributed by atoms with Crippen LogP contribution in [0.4, 0.5) is 10.5 Å². The molecule has 6 nitrogen and oxygen atoms in total. The third-order valence-electron chi connectivity index (χ3n) is 4.20. The largest absolute Gasteiger partial charge is 0.492 e. The molecule has 27 heavy (non-hydrogen) atoms. The lowest BCUT2D eigenvalue weighted by molar-refractivity contribution is 0.0680. The molecule has 2 aromatic rings. The Bertz CT molecular complexity index is 744. The smallest absolute Gasteiger partial charge is 0.319 e. The van der Waals surface area contributed by atoms with Crippen molar-refractivity contribution >= 4 is 11.7 Å². The van der Waals surface area contributed by atoms with Gasteiger partial charge in [-0.05, 0) is 49.6 Å². The maximum atomic E-state index is 12.0. The van der Waals surface area contributed by atoms with Gasteiger partial charge in [0.2, 0.25) is 0 Å². The summed E-state index contributed by atoms with van der Waals surface area (Å²) >= 11 is 0. The summed E-state index contributed by atoms with van der Waals surface area (Å²) in [6.45, 7) is 4.17. The third kappa shape index (κ3) is 6.49. The van der Waals surface area contributed by atoms with Crippen molar-refractivity contribution in [3.8, 4) is 11.5 Å². The second-order valence-electron chi connectivity index (χ2n) is 6.52. The molecule has 1 saturated heterocycles. The Morgan fingerprint density at radius 2 is 1.96 bits per heavy atom. The number of hydrogen-bond donors (Lipinski definition) is 2. The minimum absolute atomic E-state index is 0.165. The molecule has 1 fully saturated rings. The van der Waals surface area contributed by atoms with E-state index in [4.69, 9.17) is 14.2 Å². The van der Waals surface area contributed by atoms with E-state index in [1.54, 1.807) is 6.07 Å². The van der Waals surface area contributed by atoms with Crippen molar-refractivity contribution < 1.29 is 19.0 Å². The number of nitrogens with one attached hydrogen (secondary N) is 2.